The second-order valence-corrected chi connectivity index (χ2v) is 14.4. The molecule has 0 aromatic carbocycles. The van der Waals surface area contributed by atoms with Gasteiger partial charge in [0.25, 0.3) is 0 Å². The molecule has 4 aliphatic carbocycles. The van der Waals surface area contributed by atoms with Crippen molar-refractivity contribution in [3.05, 3.63) is 12.2 Å². The minimum atomic E-state index is -1.27. The first-order valence-electron chi connectivity index (χ1n) is 13.6. The number of alkyl halides is 1. The Kier molecular flexibility index (Phi) is 5.11. The Morgan fingerprint density at radius 1 is 1.08 bits per heavy atom. The van der Waals surface area contributed by atoms with Crippen LogP contribution in [0.3, 0.4) is 0 Å². The lowest BCUT2D eigenvalue weighted by atomic mass is 9.42. The summed E-state index contributed by atoms with van der Waals surface area (Å²) in [6.07, 6.45) is 4.05. The van der Waals surface area contributed by atoms with E-state index in [1.165, 1.54) is 0 Å². The van der Waals surface area contributed by atoms with Crippen molar-refractivity contribution < 1.29 is 34.7 Å². The number of allylic oxidation sites excluding steroid dienone is 2. The molecule has 2 heterocycles. The molecule has 0 amide bonds. The fourth-order valence-corrected chi connectivity index (χ4v) is 10.2. The number of ketones is 1. The zero-order valence-corrected chi connectivity index (χ0v) is 22.7. The summed E-state index contributed by atoms with van der Waals surface area (Å²) in [6.45, 7) is 9.60. The van der Waals surface area contributed by atoms with E-state index < -0.39 is 56.6 Å². The van der Waals surface area contributed by atoms with E-state index in [0.29, 0.717) is 44.9 Å². The first-order chi connectivity index (χ1) is 16.5. The number of hydrogen-bond donors (Lipinski definition) is 4. The number of aliphatic hydroxyl groups is 4. The largest absolute Gasteiger partial charge is 0.391 e. The van der Waals surface area contributed by atoms with Crippen LogP contribution in [0.2, 0.25) is 0 Å². The van der Waals surface area contributed by atoms with Crippen LogP contribution in [-0.4, -0.2) is 72.0 Å². The van der Waals surface area contributed by atoms with Crippen molar-refractivity contribution in [1.82, 2.24) is 0 Å². The van der Waals surface area contributed by atoms with Gasteiger partial charge in [0.15, 0.2) is 12.1 Å². The van der Waals surface area contributed by atoms with Crippen molar-refractivity contribution in [3.63, 3.8) is 0 Å². The average molecular weight is 525 g/mol. The van der Waals surface area contributed by atoms with Crippen LogP contribution in [0.1, 0.15) is 79.6 Å². The van der Waals surface area contributed by atoms with Gasteiger partial charge in [-0.25, -0.2) is 0 Å². The van der Waals surface area contributed by atoms with Gasteiger partial charge in [-0.1, -0.05) is 26.8 Å². The number of ether oxygens (including phenoxy) is 2. The van der Waals surface area contributed by atoms with Gasteiger partial charge < -0.3 is 29.9 Å². The summed E-state index contributed by atoms with van der Waals surface area (Å²) in [5.41, 5.74) is -5.63. The van der Waals surface area contributed by atoms with E-state index in [1.807, 2.05) is 34.6 Å². The number of carbonyl (C=O) groups excluding carboxylic acids is 1. The Morgan fingerprint density at radius 2 is 1.78 bits per heavy atom. The second kappa shape index (κ2) is 7.15. The number of carbonyl (C=O) groups is 1. The highest BCUT2D eigenvalue weighted by atomic mass is 35.5. The van der Waals surface area contributed by atoms with Gasteiger partial charge in [-0.05, 0) is 70.3 Å². The highest BCUT2D eigenvalue weighted by molar-refractivity contribution is 6.28. The van der Waals surface area contributed by atoms with Gasteiger partial charge >= 0.3 is 0 Å². The fraction of sp³-hybridized carbons (Fsp3) is 0.893. The standard InChI is InChI=1S/C28H41ClO7/c1-15(18-14-23(3)25(5,36-23)21(32)35-18)27(33)11-12-28(34)17-13-20(31)26(29)9-6-7-19(30)24(26,4)16(17)8-10-22(27,28)2/h6-7,15-18,20-21,31-34H,8-14H2,1-5H3. The van der Waals surface area contributed by atoms with Crippen LogP contribution in [0.5, 0.6) is 0 Å². The van der Waals surface area contributed by atoms with E-state index in [4.69, 9.17) is 21.1 Å². The molecule has 202 valence electrons. The third kappa shape index (κ3) is 2.60. The Morgan fingerprint density at radius 3 is 2.44 bits per heavy atom. The fourth-order valence-electron chi connectivity index (χ4n) is 9.75. The summed E-state index contributed by atoms with van der Waals surface area (Å²) in [7, 11) is 0. The summed E-state index contributed by atoms with van der Waals surface area (Å²) < 4.78 is 11.9. The third-order valence-corrected chi connectivity index (χ3v) is 13.6. The first-order valence-corrected chi connectivity index (χ1v) is 14.0. The van der Waals surface area contributed by atoms with Crippen molar-refractivity contribution >= 4 is 17.4 Å². The van der Waals surface area contributed by atoms with Crippen molar-refractivity contribution in [1.29, 1.82) is 0 Å². The quantitative estimate of drug-likeness (QED) is 0.324. The van der Waals surface area contributed by atoms with Gasteiger partial charge in [0.2, 0.25) is 0 Å². The predicted molar refractivity (Wildman–Crippen MR) is 132 cm³/mol. The SMILES string of the molecule is CC(C1CC2(C)OC2(C)C(O)O1)C1(O)CCC2(O)C3CC(O)C4(Cl)CC=CC(=O)C4(C)C3CCC12C. The monoisotopic (exact) mass is 524 g/mol. The molecule has 36 heavy (non-hydrogen) atoms. The topological polar surface area (TPSA) is 120 Å². The molecule has 0 bridgehead atoms. The maximum absolute atomic E-state index is 13.3. The minimum absolute atomic E-state index is 0.0864. The Bertz CT molecular complexity index is 1040. The molecule has 0 spiro atoms. The predicted octanol–water partition coefficient (Wildman–Crippen LogP) is 2.84. The molecule has 7 nitrogen and oxygen atoms in total. The summed E-state index contributed by atoms with van der Waals surface area (Å²) in [4.78, 5) is 12.2. The van der Waals surface area contributed by atoms with E-state index in [1.54, 1.807) is 12.2 Å². The van der Waals surface area contributed by atoms with E-state index in [2.05, 4.69) is 0 Å². The molecule has 2 aliphatic heterocycles. The second-order valence-electron chi connectivity index (χ2n) is 13.7. The van der Waals surface area contributed by atoms with Gasteiger partial charge in [0.1, 0.15) is 11.2 Å². The molecular formula is C28H41ClO7. The van der Waals surface area contributed by atoms with Crippen LogP contribution in [-0.2, 0) is 14.3 Å². The van der Waals surface area contributed by atoms with Crippen molar-refractivity contribution in [2.75, 3.05) is 0 Å². The first kappa shape index (κ1) is 25.7. The van der Waals surface area contributed by atoms with Gasteiger partial charge in [-0.2, -0.15) is 0 Å². The maximum atomic E-state index is 13.3. The van der Waals surface area contributed by atoms with Crippen LogP contribution in [0, 0.1) is 28.6 Å². The molecular weight excluding hydrogens is 484 g/mol. The lowest BCUT2D eigenvalue weighted by Crippen LogP contribution is -2.72. The molecule has 13 atom stereocenters. The molecule has 6 aliphatic rings. The van der Waals surface area contributed by atoms with Gasteiger partial charge in [0.05, 0.1) is 33.7 Å². The summed E-state index contributed by atoms with van der Waals surface area (Å²) in [6, 6.07) is 0. The molecule has 3 saturated carbocycles. The van der Waals surface area contributed by atoms with E-state index in [9.17, 15) is 25.2 Å². The highest BCUT2D eigenvalue weighted by Crippen LogP contribution is 2.72. The number of aliphatic hydroxyl groups excluding tert-OH is 2. The van der Waals surface area contributed by atoms with E-state index >= 15 is 0 Å². The molecule has 5 fully saturated rings. The van der Waals surface area contributed by atoms with Crippen molar-refractivity contribution in [2.45, 2.75) is 125 Å². The molecule has 4 N–H and O–H groups in total. The van der Waals surface area contributed by atoms with Crippen LogP contribution in [0.25, 0.3) is 0 Å². The van der Waals surface area contributed by atoms with Crippen molar-refractivity contribution in [3.8, 4) is 0 Å². The number of epoxide rings is 1. The molecule has 0 aromatic heterocycles. The van der Waals surface area contributed by atoms with E-state index in [0.717, 1.165) is 0 Å². The maximum Gasteiger partial charge on any atom is 0.186 e. The third-order valence-electron chi connectivity index (χ3n) is 12.8. The molecule has 0 radical (unpaired) electrons. The average Bonchev–Trinajstić information content (AvgIpc) is 3.32. The zero-order valence-electron chi connectivity index (χ0n) is 22.0. The summed E-state index contributed by atoms with van der Waals surface area (Å²) in [5, 5.41) is 46.8. The van der Waals surface area contributed by atoms with Crippen LogP contribution in [0.4, 0.5) is 0 Å². The van der Waals surface area contributed by atoms with Gasteiger partial charge in [-0.3, -0.25) is 4.79 Å². The normalized spacial score (nSPS) is 62.6. The number of hydrogen-bond acceptors (Lipinski definition) is 7. The summed E-state index contributed by atoms with van der Waals surface area (Å²) >= 11 is 7.06. The zero-order chi connectivity index (χ0) is 26.3. The highest BCUT2D eigenvalue weighted by Gasteiger charge is 2.78. The lowest BCUT2D eigenvalue weighted by Gasteiger charge is -2.66. The minimum Gasteiger partial charge on any atom is -0.391 e. The van der Waals surface area contributed by atoms with Crippen LogP contribution in [0.15, 0.2) is 12.2 Å². The smallest absolute Gasteiger partial charge is 0.186 e. The molecule has 13 unspecified atom stereocenters. The van der Waals surface area contributed by atoms with Crippen molar-refractivity contribution in [2.24, 2.45) is 28.6 Å². The molecule has 6 rings (SSSR count). The molecule has 2 saturated heterocycles. The van der Waals surface area contributed by atoms with E-state index in [-0.39, 0.29) is 23.5 Å². The van der Waals surface area contributed by atoms with Crippen LogP contribution < -0.4 is 0 Å². The molecule has 8 heteroatoms. The number of rotatable bonds is 2. The lowest BCUT2D eigenvalue weighted by molar-refractivity contribution is -0.264. The Labute approximate surface area is 218 Å². The Balaban J connectivity index is 1.35. The van der Waals surface area contributed by atoms with Gasteiger partial charge in [0, 0.05) is 17.8 Å². The van der Waals surface area contributed by atoms with Crippen LogP contribution >= 0.6 is 11.6 Å². The number of halogens is 1. The number of fused-ring (bicyclic) bond motifs is 6. The molecule has 0 aromatic rings. The van der Waals surface area contributed by atoms with Gasteiger partial charge in [-0.15, -0.1) is 11.6 Å². The Hall–Kier alpha value is -0.540. The summed E-state index contributed by atoms with van der Waals surface area (Å²) in [5.74, 6) is -1.02.